The van der Waals surface area contributed by atoms with Crippen LogP contribution in [0.2, 0.25) is 0 Å². The van der Waals surface area contributed by atoms with Crippen molar-refractivity contribution in [3.63, 3.8) is 0 Å². The third kappa shape index (κ3) is 4.95. The van der Waals surface area contributed by atoms with E-state index in [1.807, 2.05) is 20.8 Å². The van der Waals surface area contributed by atoms with Crippen molar-refractivity contribution < 1.29 is 33.9 Å². The van der Waals surface area contributed by atoms with Gasteiger partial charge in [0.2, 0.25) is 0 Å². The molecule has 5 aliphatic carbocycles. The van der Waals surface area contributed by atoms with Crippen LogP contribution in [0.5, 0.6) is 0 Å². The molecule has 7 aliphatic rings. The first-order chi connectivity index (χ1) is 22.5. The number of ether oxygens (including phenoxy) is 5. The molecule has 0 radical (unpaired) electrons. The molecule has 0 aromatic heterocycles. The number of hydrogen-bond donors (Lipinski definition) is 2. The van der Waals surface area contributed by atoms with E-state index in [-0.39, 0.29) is 40.8 Å². The van der Waals surface area contributed by atoms with Crippen LogP contribution < -0.4 is 0 Å². The van der Waals surface area contributed by atoms with Crippen LogP contribution in [0.15, 0.2) is 0 Å². The smallest absolute Gasteiger partial charge is 0.170 e. The number of fused-ring (bicyclic) bond motifs is 4. The Bertz CT molecular complexity index is 1190. The van der Waals surface area contributed by atoms with Crippen molar-refractivity contribution in [1.82, 2.24) is 4.90 Å². The zero-order valence-electron chi connectivity index (χ0n) is 31.9. The lowest BCUT2D eigenvalue weighted by Gasteiger charge is -2.64. The van der Waals surface area contributed by atoms with E-state index in [0.29, 0.717) is 53.8 Å². The van der Waals surface area contributed by atoms with Crippen molar-refractivity contribution in [2.24, 2.45) is 50.7 Å². The number of hydrogen-bond acceptors (Lipinski definition) is 8. The van der Waals surface area contributed by atoms with Crippen molar-refractivity contribution in [3.05, 3.63) is 0 Å². The van der Waals surface area contributed by atoms with Crippen LogP contribution in [0.1, 0.15) is 114 Å². The fourth-order valence-corrected chi connectivity index (χ4v) is 14.3. The molecule has 2 aliphatic heterocycles. The summed E-state index contributed by atoms with van der Waals surface area (Å²) in [5.41, 5.74) is -0.484. The second-order valence-corrected chi connectivity index (χ2v) is 19.3. The molecule has 0 aromatic carbocycles. The number of methoxy groups -OCH3 is 1. The lowest BCUT2D eigenvalue weighted by molar-refractivity contribution is -0.251. The third-order valence-electron chi connectivity index (χ3n) is 16.6. The van der Waals surface area contributed by atoms with E-state index in [4.69, 9.17) is 23.7 Å². The van der Waals surface area contributed by atoms with Crippen molar-refractivity contribution >= 4 is 0 Å². The van der Waals surface area contributed by atoms with E-state index in [0.717, 1.165) is 39.0 Å². The maximum atomic E-state index is 12.6. The van der Waals surface area contributed by atoms with Gasteiger partial charge in [-0.05, 0) is 124 Å². The van der Waals surface area contributed by atoms with Gasteiger partial charge >= 0.3 is 0 Å². The van der Waals surface area contributed by atoms with E-state index in [1.54, 1.807) is 7.11 Å². The summed E-state index contributed by atoms with van der Waals surface area (Å²) in [4.78, 5) is 2.45. The summed E-state index contributed by atoms with van der Waals surface area (Å²) in [6, 6.07) is 0.356. The second kappa shape index (κ2) is 12.1. The molecule has 0 bridgehead atoms. The highest BCUT2D eigenvalue weighted by Crippen LogP contribution is 2.89. The van der Waals surface area contributed by atoms with E-state index in [9.17, 15) is 10.2 Å². The van der Waals surface area contributed by atoms with Crippen LogP contribution in [-0.2, 0) is 23.7 Å². The molecule has 2 heterocycles. The number of morpholine rings is 1. The van der Waals surface area contributed by atoms with Crippen molar-refractivity contribution in [3.8, 4) is 0 Å². The van der Waals surface area contributed by atoms with Gasteiger partial charge in [0, 0.05) is 38.3 Å². The summed E-state index contributed by atoms with van der Waals surface area (Å²) in [5, 5.41) is 23.7. The van der Waals surface area contributed by atoms with Crippen molar-refractivity contribution in [1.29, 1.82) is 0 Å². The molecule has 0 amide bonds. The topological polar surface area (TPSA) is 89.9 Å². The van der Waals surface area contributed by atoms with E-state index in [1.165, 1.54) is 32.1 Å². The molecular formula is C40H69NO7. The second-order valence-electron chi connectivity index (χ2n) is 19.3. The molecule has 15 atom stereocenters. The van der Waals surface area contributed by atoms with E-state index in [2.05, 4.69) is 46.4 Å². The Kier molecular flexibility index (Phi) is 9.10. The lowest BCUT2D eigenvalue weighted by atomic mass is 9.41. The predicted octanol–water partition coefficient (Wildman–Crippen LogP) is 6.05. The number of rotatable bonds is 9. The Labute approximate surface area is 291 Å². The summed E-state index contributed by atoms with van der Waals surface area (Å²) in [5.74, 6) is 1.82. The molecule has 8 nitrogen and oxygen atoms in total. The minimum absolute atomic E-state index is 0.0177. The van der Waals surface area contributed by atoms with Crippen LogP contribution in [0, 0.1) is 50.7 Å². The van der Waals surface area contributed by atoms with Crippen molar-refractivity contribution in [2.75, 3.05) is 40.0 Å². The highest BCUT2D eigenvalue weighted by Gasteiger charge is 2.84. The van der Waals surface area contributed by atoms with Gasteiger partial charge in [0.15, 0.2) is 6.29 Å². The molecule has 5 saturated carbocycles. The maximum Gasteiger partial charge on any atom is 0.170 e. The number of aliphatic hydroxyl groups excluding tert-OH is 1. The van der Waals surface area contributed by atoms with Gasteiger partial charge < -0.3 is 33.9 Å². The first-order valence-electron chi connectivity index (χ1n) is 19.7. The van der Waals surface area contributed by atoms with Gasteiger partial charge in [-0.1, -0.05) is 34.6 Å². The zero-order valence-corrected chi connectivity index (χ0v) is 31.9. The largest absolute Gasteiger partial charge is 0.390 e. The quantitative estimate of drug-likeness (QED) is 0.305. The monoisotopic (exact) mass is 676 g/mol. The molecule has 276 valence electrons. The zero-order chi connectivity index (χ0) is 34.7. The van der Waals surface area contributed by atoms with Crippen LogP contribution >= 0.6 is 0 Å². The summed E-state index contributed by atoms with van der Waals surface area (Å²) in [6.07, 6.45) is 7.95. The summed E-state index contributed by atoms with van der Waals surface area (Å²) in [6.45, 7) is 23.9. The fourth-order valence-electron chi connectivity index (χ4n) is 14.3. The highest BCUT2D eigenvalue weighted by atomic mass is 16.7. The van der Waals surface area contributed by atoms with E-state index >= 15 is 0 Å². The maximum absolute atomic E-state index is 12.6. The molecule has 2 saturated heterocycles. The van der Waals surface area contributed by atoms with Gasteiger partial charge in [-0.3, -0.25) is 4.90 Å². The highest BCUT2D eigenvalue weighted by molar-refractivity contribution is 5.33. The molecule has 48 heavy (non-hydrogen) atoms. The van der Waals surface area contributed by atoms with Gasteiger partial charge in [-0.25, -0.2) is 0 Å². The Morgan fingerprint density at radius 1 is 1.02 bits per heavy atom. The average molecular weight is 676 g/mol. The van der Waals surface area contributed by atoms with Crippen molar-refractivity contribution in [2.45, 2.75) is 162 Å². The molecule has 0 aromatic rings. The lowest BCUT2D eigenvalue weighted by Crippen LogP contribution is -2.60. The summed E-state index contributed by atoms with van der Waals surface area (Å²) < 4.78 is 31.7. The predicted molar refractivity (Wildman–Crippen MR) is 185 cm³/mol. The molecule has 2 N–H and O–H groups in total. The van der Waals surface area contributed by atoms with E-state index < -0.39 is 17.8 Å². The molecular weight excluding hydrogens is 606 g/mol. The van der Waals surface area contributed by atoms with Gasteiger partial charge in [0.25, 0.3) is 0 Å². The standard InChI is InChI=1S/C40H69NO7/c1-11-45-34(36(6,7)43)26-20-24(2)31-32(47-26)33(42)38(9)28-13-12-27-35(4,5)29(48-30-21-41(18-19-46-30)25(3)22-44-10)14-15-39(27)23-40(28,39)17-16-37(31,38)8/h24-34,42-43H,11-23H2,1-10H3/t24-,25-,26-,27+,28+,29+,30+,31+,32+,33+,34+,37-,38-,39?,40+/m1/s1. The first kappa shape index (κ1) is 36.1. The molecule has 7 fully saturated rings. The van der Waals surface area contributed by atoms with Crippen LogP contribution in [-0.4, -0.2) is 104 Å². The Hall–Kier alpha value is -0.320. The average Bonchev–Trinajstić information content (AvgIpc) is 3.65. The number of nitrogens with zero attached hydrogens (tertiary/aromatic N) is 1. The van der Waals surface area contributed by atoms with Gasteiger partial charge in [-0.2, -0.15) is 0 Å². The van der Waals surface area contributed by atoms with Crippen LogP contribution in [0.4, 0.5) is 0 Å². The van der Waals surface area contributed by atoms with Crippen LogP contribution in [0.3, 0.4) is 0 Å². The van der Waals surface area contributed by atoms with Gasteiger partial charge in [0.1, 0.15) is 6.10 Å². The Balaban J connectivity index is 1.11. The fraction of sp³-hybridized carbons (Fsp3) is 1.00. The molecule has 1 unspecified atom stereocenters. The minimum atomic E-state index is -1.01. The third-order valence-corrected chi connectivity index (χ3v) is 16.6. The Morgan fingerprint density at radius 2 is 1.73 bits per heavy atom. The first-order valence-corrected chi connectivity index (χ1v) is 19.7. The SMILES string of the molecule is CCO[C@@H]([C@H]1C[C@@H](C)[C@H]2[C@H](O1)[C@H](O)[C@@]1(C)[C@@H]3CC[C@H]4C(C)(C)[C@@H](O[C@H]5CN([C@H](C)COC)CCO5)CCC45C[C@@]35CC[C@]21C)C(C)(C)O. The summed E-state index contributed by atoms with van der Waals surface area (Å²) in [7, 11) is 1.78. The minimum Gasteiger partial charge on any atom is -0.390 e. The van der Waals surface area contributed by atoms with Gasteiger partial charge in [-0.15, -0.1) is 0 Å². The molecule has 7 rings (SSSR count). The van der Waals surface area contributed by atoms with Gasteiger partial charge in [0.05, 0.1) is 43.2 Å². The molecule has 2 spiro atoms. The van der Waals surface area contributed by atoms with Crippen LogP contribution in [0.25, 0.3) is 0 Å². The Morgan fingerprint density at radius 3 is 2.42 bits per heavy atom. The summed E-state index contributed by atoms with van der Waals surface area (Å²) >= 11 is 0. The number of aliphatic hydroxyl groups is 2. The normalized spacial score (nSPS) is 51.1. The molecule has 8 heteroatoms.